The zero-order chi connectivity index (χ0) is 26.5. The van der Waals surface area contributed by atoms with Crippen LogP contribution in [0.5, 0.6) is 11.5 Å². The zero-order valence-electron chi connectivity index (χ0n) is 20.5. The van der Waals surface area contributed by atoms with Gasteiger partial charge in [-0.15, -0.1) is 0 Å². The molecule has 1 aliphatic rings. The van der Waals surface area contributed by atoms with Crippen LogP contribution >= 0.6 is 11.6 Å². The predicted octanol–water partition coefficient (Wildman–Crippen LogP) is 3.42. The number of anilines is 1. The SMILES string of the molecule is OCCOC1CC(CO)OCC1Nc1ncnc2[nH]cc(C(O)c3ccc(Oc4ccccc4)cc3Cl)c12. The maximum atomic E-state index is 11.4. The van der Waals surface area contributed by atoms with Crippen molar-refractivity contribution in [1.82, 2.24) is 15.0 Å². The number of aliphatic hydroxyl groups is 3. The number of hydrogen-bond donors (Lipinski definition) is 5. The highest BCUT2D eigenvalue weighted by Gasteiger charge is 2.33. The molecule has 3 heterocycles. The number of para-hydroxylation sites is 1. The largest absolute Gasteiger partial charge is 0.457 e. The monoisotopic (exact) mass is 540 g/mol. The minimum atomic E-state index is -1.07. The van der Waals surface area contributed by atoms with Gasteiger partial charge in [-0.2, -0.15) is 0 Å². The summed E-state index contributed by atoms with van der Waals surface area (Å²) < 4.78 is 17.4. The van der Waals surface area contributed by atoms with Crippen LogP contribution in [-0.4, -0.2) is 74.9 Å². The number of nitrogens with zero attached hydrogens (tertiary/aromatic N) is 2. The Bertz CT molecular complexity index is 1350. The Balaban J connectivity index is 1.40. The molecule has 5 rings (SSSR count). The van der Waals surface area contributed by atoms with Gasteiger partial charge < -0.3 is 39.8 Å². The molecule has 4 unspecified atom stereocenters. The highest BCUT2D eigenvalue weighted by molar-refractivity contribution is 6.31. The standard InChI is InChI=1S/C27H29ClN4O6/c28-21-10-17(38-16-4-2-1-3-5-16)6-7-19(21)25(35)20-12-29-26-24(20)27(31-15-30-26)32-22-14-37-18(13-34)11-23(22)36-9-8-33/h1-7,10,12,15,18,22-23,25,33-35H,8-9,11,13-14H2,(H2,29,30,31,32). The summed E-state index contributed by atoms with van der Waals surface area (Å²) in [5.74, 6) is 1.72. The van der Waals surface area contributed by atoms with E-state index in [0.717, 1.165) is 0 Å². The summed E-state index contributed by atoms with van der Waals surface area (Å²) in [6.07, 6.45) is 1.82. The van der Waals surface area contributed by atoms with Crippen LogP contribution in [0.25, 0.3) is 11.0 Å². The average Bonchev–Trinajstić information content (AvgIpc) is 3.38. The second-order valence-electron chi connectivity index (χ2n) is 8.95. The van der Waals surface area contributed by atoms with Crippen LogP contribution in [-0.2, 0) is 9.47 Å². The summed E-state index contributed by atoms with van der Waals surface area (Å²) >= 11 is 6.58. The molecule has 0 spiro atoms. The van der Waals surface area contributed by atoms with Gasteiger partial charge in [0.15, 0.2) is 0 Å². The van der Waals surface area contributed by atoms with E-state index in [1.165, 1.54) is 6.33 Å². The number of aliphatic hydroxyl groups excluding tert-OH is 3. The van der Waals surface area contributed by atoms with E-state index in [0.29, 0.717) is 50.9 Å². The van der Waals surface area contributed by atoms with Crippen molar-refractivity contribution < 1.29 is 29.5 Å². The summed E-state index contributed by atoms with van der Waals surface area (Å²) in [5.41, 5.74) is 1.58. The predicted molar refractivity (Wildman–Crippen MR) is 142 cm³/mol. The van der Waals surface area contributed by atoms with Crippen LogP contribution in [0.2, 0.25) is 5.02 Å². The van der Waals surface area contributed by atoms with Crippen molar-refractivity contribution in [2.45, 2.75) is 30.8 Å². The smallest absolute Gasteiger partial charge is 0.143 e. The van der Waals surface area contributed by atoms with Crippen LogP contribution in [0.3, 0.4) is 0 Å². The molecule has 1 saturated heterocycles. The number of rotatable bonds is 10. The van der Waals surface area contributed by atoms with Crippen molar-refractivity contribution in [3.63, 3.8) is 0 Å². The topological polar surface area (TPSA) is 142 Å². The second kappa shape index (κ2) is 12.1. The Morgan fingerprint density at radius 2 is 1.95 bits per heavy atom. The van der Waals surface area contributed by atoms with Gasteiger partial charge >= 0.3 is 0 Å². The molecular formula is C27H29ClN4O6. The Kier molecular flexibility index (Phi) is 8.38. The number of ether oxygens (including phenoxy) is 3. The lowest BCUT2D eigenvalue weighted by molar-refractivity contribution is -0.0982. The van der Waals surface area contributed by atoms with Gasteiger partial charge in [0.25, 0.3) is 0 Å². The van der Waals surface area contributed by atoms with Crippen molar-refractivity contribution in [3.8, 4) is 11.5 Å². The first-order valence-electron chi connectivity index (χ1n) is 12.3. The van der Waals surface area contributed by atoms with Gasteiger partial charge in [0.2, 0.25) is 0 Å². The zero-order valence-corrected chi connectivity index (χ0v) is 21.2. The Morgan fingerprint density at radius 1 is 1.11 bits per heavy atom. The van der Waals surface area contributed by atoms with Gasteiger partial charge in [-0.3, -0.25) is 0 Å². The van der Waals surface area contributed by atoms with E-state index >= 15 is 0 Å². The van der Waals surface area contributed by atoms with E-state index in [2.05, 4.69) is 20.3 Å². The van der Waals surface area contributed by atoms with Gasteiger partial charge in [0.1, 0.15) is 35.4 Å². The minimum absolute atomic E-state index is 0.115. The molecule has 4 aromatic rings. The fourth-order valence-corrected chi connectivity index (χ4v) is 4.84. The third-order valence-electron chi connectivity index (χ3n) is 6.44. The summed E-state index contributed by atoms with van der Waals surface area (Å²) in [6, 6.07) is 14.2. The normalized spacial score (nSPS) is 20.4. The first-order chi connectivity index (χ1) is 18.6. The molecule has 0 bridgehead atoms. The van der Waals surface area contributed by atoms with E-state index < -0.39 is 6.10 Å². The maximum absolute atomic E-state index is 11.4. The molecule has 2 aromatic heterocycles. The molecule has 38 heavy (non-hydrogen) atoms. The maximum Gasteiger partial charge on any atom is 0.143 e. The van der Waals surface area contributed by atoms with Gasteiger partial charge in [-0.25, -0.2) is 9.97 Å². The summed E-state index contributed by atoms with van der Waals surface area (Å²) in [5, 5.41) is 34.4. The van der Waals surface area contributed by atoms with Crippen molar-refractivity contribution >= 4 is 28.5 Å². The van der Waals surface area contributed by atoms with Gasteiger partial charge in [-0.1, -0.05) is 35.9 Å². The number of aromatic amines is 1. The molecule has 0 radical (unpaired) electrons. The third kappa shape index (κ3) is 5.75. The number of H-pyrrole nitrogens is 1. The number of halogens is 1. The van der Waals surface area contributed by atoms with Gasteiger partial charge in [0.05, 0.1) is 55.1 Å². The number of nitrogens with one attached hydrogen (secondary N) is 2. The Hall–Kier alpha value is -3.25. The quantitative estimate of drug-likeness (QED) is 0.204. The molecule has 0 amide bonds. The molecule has 0 aliphatic carbocycles. The lowest BCUT2D eigenvalue weighted by Crippen LogP contribution is -2.48. The van der Waals surface area contributed by atoms with E-state index in [1.54, 1.807) is 24.4 Å². The number of benzene rings is 2. The summed E-state index contributed by atoms with van der Waals surface area (Å²) in [4.78, 5) is 11.8. The van der Waals surface area contributed by atoms with E-state index in [9.17, 15) is 15.3 Å². The third-order valence-corrected chi connectivity index (χ3v) is 6.77. The molecule has 11 heteroatoms. The highest BCUT2D eigenvalue weighted by atomic mass is 35.5. The van der Waals surface area contributed by atoms with Crippen molar-refractivity contribution in [1.29, 1.82) is 0 Å². The molecule has 1 fully saturated rings. The molecule has 4 atom stereocenters. The average molecular weight is 541 g/mol. The molecule has 200 valence electrons. The second-order valence-corrected chi connectivity index (χ2v) is 9.36. The molecule has 1 aliphatic heterocycles. The van der Waals surface area contributed by atoms with Crippen LogP contribution in [0.4, 0.5) is 5.82 Å². The summed E-state index contributed by atoms with van der Waals surface area (Å²) in [6.45, 7) is 0.198. The lowest BCUT2D eigenvalue weighted by Gasteiger charge is -2.36. The molecule has 10 nitrogen and oxygen atoms in total. The van der Waals surface area contributed by atoms with Crippen molar-refractivity contribution in [3.05, 3.63) is 77.2 Å². The molecule has 5 N–H and O–H groups in total. The highest BCUT2D eigenvalue weighted by Crippen LogP contribution is 2.37. The number of fused-ring (bicyclic) bond motifs is 1. The van der Waals surface area contributed by atoms with Gasteiger partial charge in [-0.05, 0) is 24.3 Å². The molecule has 2 aromatic carbocycles. The van der Waals surface area contributed by atoms with E-state index in [1.807, 2.05) is 30.3 Å². The van der Waals surface area contributed by atoms with E-state index in [4.69, 9.17) is 25.8 Å². The first-order valence-corrected chi connectivity index (χ1v) is 12.7. The fraction of sp³-hybridized carbons (Fsp3) is 0.333. The van der Waals surface area contributed by atoms with Crippen molar-refractivity contribution in [2.24, 2.45) is 0 Å². The van der Waals surface area contributed by atoms with Gasteiger partial charge in [0, 0.05) is 23.7 Å². The Morgan fingerprint density at radius 3 is 2.71 bits per heavy atom. The van der Waals surface area contributed by atoms with Crippen molar-refractivity contribution in [2.75, 3.05) is 31.7 Å². The minimum Gasteiger partial charge on any atom is -0.457 e. The van der Waals surface area contributed by atoms with Crippen LogP contribution < -0.4 is 10.1 Å². The fourth-order valence-electron chi connectivity index (χ4n) is 4.56. The number of aromatic nitrogens is 3. The first kappa shape index (κ1) is 26.4. The summed E-state index contributed by atoms with van der Waals surface area (Å²) in [7, 11) is 0. The molecule has 0 saturated carbocycles. The van der Waals surface area contributed by atoms with Crippen LogP contribution in [0.15, 0.2) is 61.1 Å². The molecular weight excluding hydrogens is 512 g/mol. The number of hydrogen-bond acceptors (Lipinski definition) is 9. The Labute approximate surface area is 224 Å². The lowest BCUT2D eigenvalue weighted by atomic mass is 10.00. The van der Waals surface area contributed by atoms with Crippen LogP contribution in [0.1, 0.15) is 23.7 Å². The van der Waals surface area contributed by atoms with Crippen LogP contribution in [0, 0.1) is 0 Å². The van der Waals surface area contributed by atoms with E-state index in [-0.39, 0.29) is 44.7 Å².